The Morgan fingerprint density at radius 1 is 1.00 bits per heavy atom. The Morgan fingerprint density at radius 2 is 1.75 bits per heavy atom. The van der Waals surface area contributed by atoms with E-state index in [-0.39, 0.29) is 11.4 Å². The minimum absolute atomic E-state index is 0.125. The van der Waals surface area contributed by atoms with Crippen LogP contribution >= 0.6 is 11.6 Å². The van der Waals surface area contributed by atoms with Crippen molar-refractivity contribution < 1.29 is 12.8 Å². The third-order valence-corrected chi connectivity index (χ3v) is 5.23. The molecule has 0 aliphatic rings. The van der Waals surface area contributed by atoms with Crippen molar-refractivity contribution in [1.29, 1.82) is 0 Å². The first-order valence-electron chi connectivity index (χ1n) is 7.22. The maximum absolute atomic E-state index is 12.4. The summed E-state index contributed by atoms with van der Waals surface area (Å²) in [5.41, 5.74) is 0.865. The molecule has 5 nitrogen and oxygen atoms in total. The number of nitrogens with one attached hydrogen (secondary N) is 1. The predicted octanol–water partition coefficient (Wildman–Crippen LogP) is 2.97. The minimum Gasteiger partial charge on any atom is -0.423 e. The Bertz CT molecular complexity index is 1030. The monoisotopic (exact) mass is 363 g/mol. The smallest absolute Gasteiger partial charge is 0.336 e. The lowest BCUT2D eigenvalue weighted by molar-refractivity contribution is 0.560. The fraction of sp³-hybridized carbons (Fsp3) is 0.118. The molecule has 0 unspecified atom stereocenters. The number of fused-ring (bicyclic) bond motifs is 1. The molecule has 7 heteroatoms. The molecule has 0 saturated heterocycles. The van der Waals surface area contributed by atoms with Crippen molar-refractivity contribution in [3.05, 3.63) is 75.6 Å². The molecule has 3 rings (SSSR count). The van der Waals surface area contributed by atoms with Crippen molar-refractivity contribution in [2.24, 2.45) is 0 Å². The highest BCUT2D eigenvalue weighted by molar-refractivity contribution is 7.89. The average Bonchev–Trinajstić information content (AvgIpc) is 2.56. The molecule has 1 heterocycles. The van der Waals surface area contributed by atoms with Gasteiger partial charge in [-0.15, -0.1) is 0 Å². The SMILES string of the molecule is O=c1ccc2cc(S(=O)(=O)NCCc3ccc(Cl)cc3)ccc2o1. The van der Waals surface area contributed by atoms with Gasteiger partial charge in [0.25, 0.3) is 0 Å². The Labute approximate surface area is 143 Å². The first-order valence-corrected chi connectivity index (χ1v) is 9.08. The molecule has 2 aromatic carbocycles. The van der Waals surface area contributed by atoms with Gasteiger partial charge in [-0.25, -0.2) is 17.9 Å². The Hall–Kier alpha value is -2.15. The summed E-state index contributed by atoms with van der Waals surface area (Å²) in [6, 6.07) is 14.4. The highest BCUT2D eigenvalue weighted by Gasteiger charge is 2.14. The van der Waals surface area contributed by atoms with E-state index in [0.717, 1.165) is 5.56 Å². The number of rotatable bonds is 5. The second kappa shape index (κ2) is 6.76. The van der Waals surface area contributed by atoms with Crippen molar-refractivity contribution in [1.82, 2.24) is 4.72 Å². The number of hydrogen-bond donors (Lipinski definition) is 1. The molecule has 0 saturated carbocycles. The van der Waals surface area contributed by atoms with E-state index in [1.165, 1.54) is 30.3 Å². The lowest BCUT2D eigenvalue weighted by Crippen LogP contribution is -2.26. The molecular weight excluding hydrogens is 350 g/mol. The number of hydrogen-bond acceptors (Lipinski definition) is 4. The molecule has 0 aliphatic carbocycles. The summed E-state index contributed by atoms with van der Waals surface area (Å²) in [6.07, 6.45) is 0.554. The topological polar surface area (TPSA) is 76.4 Å². The number of sulfonamides is 1. The second-order valence-electron chi connectivity index (χ2n) is 5.23. The van der Waals surface area contributed by atoms with Gasteiger partial charge in [-0.1, -0.05) is 23.7 Å². The molecule has 1 N–H and O–H groups in total. The maximum Gasteiger partial charge on any atom is 0.336 e. The first kappa shape index (κ1) is 16.7. The Kier molecular flexibility index (Phi) is 4.71. The van der Waals surface area contributed by atoms with Gasteiger partial charge in [0.15, 0.2) is 0 Å². The van der Waals surface area contributed by atoms with Crippen LogP contribution in [0.2, 0.25) is 5.02 Å². The third kappa shape index (κ3) is 3.84. The van der Waals surface area contributed by atoms with Crippen LogP contribution in [0, 0.1) is 0 Å². The number of benzene rings is 2. The minimum atomic E-state index is -3.64. The normalized spacial score (nSPS) is 11.7. The fourth-order valence-electron chi connectivity index (χ4n) is 2.28. The highest BCUT2D eigenvalue weighted by Crippen LogP contribution is 2.17. The van der Waals surface area contributed by atoms with Gasteiger partial charge in [0, 0.05) is 23.0 Å². The quantitative estimate of drug-likeness (QED) is 0.707. The Balaban J connectivity index is 1.74. The average molecular weight is 364 g/mol. The molecule has 0 amide bonds. The first-order chi connectivity index (χ1) is 11.4. The summed E-state index contributed by atoms with van der Waals surface area (Å²) in [4.78, 5) is 11.3. The zero-order chi connectivity index (χ0) is 17.2. The summed E-state index contributed by atoms with van der Waals surface area (Å²) >= 11 is 5.82. The molecule has 24 heavy (non-hydrogen) atoms. The van der Waals surface area contributed by atoms with Gasteiger partial charge >= 0.3 is 5.63 Å². The summed E-state index contributed by atoms with van der Waals surface area (Å²) < 4.78 is 32.3. The van der Waals surface area contributed by atoms with Gasteiger partial charge in [0.2, 0.25) is 10.0 Å². The summed E-state index contributed by atoms with van der Waals surface area (Å²) in [6.45, 7) is 0.270. The summed E-state index contributed by atoms with van der Waals surface area (Å²) in [5.74, 6) is 0. The fourth-order valence-corrected chi connectivity index (χ4v) is 3.47. The van der Waals surface area contributed by atoms with Crippen molar-refractivity contribution in [2.45, 2.75) is 11.3 Å². The Morgan fingerprint density at radius 3 is 2.50 bits per heavy atom. The molecule has 0 radical (unpaired) electrons. The van der Waals surface area contributed by atoms with Gasteiger partial charge in [-0.2, -0.15) is 0 Å². The van der Waals surface area contributed by atoms with Crippen LogP contribution in [-0.4, -0.2) is 15.0 Å². The largest absolute Gasteiger partial charge is 0.423 e. The molecule has 0 fully saturated rings. The molecule has 0 bridgehead atoms. The van der Waals surface area contributed by atoms with E-state index in [1.807, 2.05) is 12.1 Å². The molecule has 0 spiro atoms. The van der Waals surface area contributed by atoms with Crippen LogP contribution < -0.4 is 10.3 Å². The highest BCUT2D eigenvalue weighted by atomic mass is 35.5. The summed E-state index contributed by atoms with van der Waals surface area (Å²) in [5, 5.41) is 1.19. The van der Waals surface area contributed by atoms with Crippen molar-refractivity contribution in [3.63, 3.8) is 0 Å². The van der Waals surface area contributed by atoms with Gasteiger partial charge in [-0.3, -0.25) is 0 Å². The summed E-state index contributed by atoms with van der Waals surface area (Å²) in [7, 11) is -3.64. The standard InChI is InChI=1S/C17H14ClNO4S/c18-14-4-1-12(2-5-14)9-10-19-24(21,22)15-6-7-16-13(11-15)3-8-17(20)23-16/h1-8,11,19H,9-10H2. The molecule has 124 valence electrons. The van der Waals surface area contributed by atoms with Crippen LogP contribution in [0.15, 0.2) is 68.7 Å². The van der Waals surface area contributed by atoms with E-state index in [4.69, 9.17) is 16.0 Å². The van der Waals surface area contributed by atoms with Crippen molar-refractivity contribution >= 4 is 32.6 Å². The third-order valence-electron chi connectivity index (χ3n) is 3.52. The predicted molar refractivity (Wildman–Crippen MR) is 92.8 cm³/mol. The van der Waals surface area contributed by atoms with E-state index in [2.05, 4.69) is 4.72 Å². The van der Waals surface area contributed by atoms with E-state index in [0.29, 0.717) is 22.4 Å². The maximum atomic E-state index is 12.4. The van der Waals surface area contributed by atoms with Crippen molar-refractivity contribution in [2.75, 3.05) is 6.54 Å². The number of halogens is 1. The van der Waals surface area contributed by atoms with Gasteiger partial charge in [0.1, 0.15) is 5.58 Å². The zero-order valence-corrected chi connectivity index (χ0v) is 14.1. The van der Waals surface area contributed by atoms with Crippen LogP contribution in [0.4, 0.5) is 0 Å². The van der Waals surface area contributed by atoms with Crippen LogP contribution in [0.25, 0.3) is 11.0 Å². The second-order valence-corrected chi connectivity index (χ2v) is 7.43. The van der Waals surface area contributed by atoms with Crippen LogP contribution in [0.5, 0.6) is 0 Å². The molecule has 3 aromatic rings. The van der Waals surface area contributed by atoms with Crippen LogP contribution in [-0.2, 0) is 16.4 Å². The van der Waals surface area contributed by atoms with Crippen LogP contribution in [0.3, 0.4) is 0 Å². The molecule has 1 aromatic heterocycles. The van der Waals surface area contributed by atoms with E-state index in [9.17, 15) is 13.2 Å². The molecular formula is C17H14ClNO4S. The van der Waals surface area contributed by atoms with Gasteiger partial charge < -0.3 is 4.42 Å². The lowest BCUT2D eigenvalue weighted by Gasteiger charge is -2.08. The van der Waals surface area contributed by atoms with Crippen molar-refractivity contribution in [3.8, 4) is 0 Å². The van der Waals surface area contributed by atoms with Crippen LogP contribution in [0.1, 0.15) is 5.56 Å². The van der Waals surface area contributed by atoms with Gasteiger partial charge in [-0.05, 0) is 48.4 Å². The molecule has 0 atom stereocenters. The molecule has 0 aliphatic heterocycles. The van der Waals surface area contributed by atoms with E-state index >= 15 is 0 Å². The lowest BCUT2D eigenvalue weighted by atomic mass is 10.2. The zero-order valence-electron chi connectivity index (χ0n) is 12.5. The van der Waals surface area contributed by atoms with E-state index in [1.54, 1.807) is 12.1 Å². The van der Waals surface area contributed by atoms with E-state index < -0.39 is 15.6 Å². The van der Waals surface area contributed by atoms with Gasteiger partial charge in [0.05, 0.1) is 4.90 Å².